The molecule has 0 aliphatic carbocycles. The van der Waals surface area contributed by atoms with Crippen molar-refractivity contribution in [2.24, 2.45) is 0 Å². The maximum absolute atomic E-state index is 15.3. The van der Waals surface area contributed by atoms with Gasteiger partial charge in [-0.25, -0.2) is 0 Å². The Balaban J connectivity index is 1.10. The Morgan fingerprint density at radius 1 is 0.325 bits per heavy atom. The van der Waals surface area contributed by atoms with Crippen molar-refractivity contribution in [2.75, 3.05) is 0 Å². The highest BCUT2D eigenvalue weighted by Crippen LogP contribution is 2.50. The van der Waals surface area contributed by atoms with E-state index in [2.05, 4.69) is 92.6 Å². The average Bonchev–Trinajstić information content (AvgIpc) is 4.39. The number of fused-ring (bicyclic) bond motifs is 14. The van der Waals surface area contributed by atoms with E-state index in [9.17, 15) is 5.26 Å². The number of aromatic nitrogens is 4. The van der Waals surface area contributed by atoms with Crippen molar-refractivity contribution < 1.29 is 26.3 Å². The fourth-order valence-electron chi connectivity index (χ4n) is 12.7. The molecule has 382 valence electrons. The molecule has 0 aliphatic heterocycles. The van der Waals surface area contributed by atoms with Gasteiger partial charge in [0.25, 0.3) is 0 Å². The zero-order valence-corrected chi connectivity index (χ0v) is 42.0. The van der Waals surface area contributed by atoms with Crippen molar-refractivity contribution in [1.82, 2.24) is 18.3 Å². The molecule has 0 bridgehead atoms. The Morgan fingerprint density at radius 2 is 0.725 bits per heavy atom. The third kappa shape index (κ3) is 6.85. The molecule has 0 spiro atoms. The van der Waals surface area contributed by atoms with E-state index in [1.54, 1.807) is 18.2 Å². The third-order valence-electron chi connectivity index (χ3n) is 15.8. The number of hydrogen-bond donors (Lipinski definition) is 0. The van der Waals surface area contributed by atoms with Crippen LogP contribution in [0.25, 0.3) is 132 Å². The molecule has 0 saturated carbocycles. The third-order valence-corrected chi connectivity index (χ3v) is 15.8. The first-order chi connectivity index (χ1) is 39.0. The minimum absolute atomic E-state index is 0.232. The van der Waals surface area contributed by atoms with Gasteiger partial charge in [0.05, 0.1) is 78.3 Å². The van der Waals surface area contributed by atoms with Gasteiger partial charge in [-0.2, -0.15) is 31.6 Å². The highest BCUT2D eigenvalue weighted by Gasteiger charge is 2.41. The van der Waals surface area contributed by atoms with Crippen LogP contribution in [-0.4, -0.2) is 18.3 Å². The van der Waals surface area contributed by atoms with Crippen molar-refractivity contribution in [3.63, 3.8) is 0 Å². The van der Waals surface area contributed by atoms with Crippen molar-refractivity contribution in [3.05, 3.63) is 253 Å². The standard InChI is InChI=1S/C69H39F6N5/c70-68(71,72)53-24-15-25-54(69(73,74)75)63(53)42-31-35-60(80-58-29-14-10-23-50(58)65-62(80)37-33-48-46-21-8-12-27-56(46)78(67(48)65)44-18-5-2-6-19-44)52(39-42)51-38-41(40-76)30-34-59(51)79-57-28-13-9-22-49(57)64-61(79)36-32-47-45-20-7-11-26-55(45)77(66(47)64)43-16-3-1-4-17-43/h1-39H. The van der Waals surface area contributed by atoms with Crippen LogP contribution >= 0.6 is 0 Å². The molecule has 15 aromatic rings. The monoisotopic (exact) mass is 1050 g/mol. The second-order valence-electron chi connectivity index (χ2n) is 20.1. The first-order valence-corrected chi connectivity index (χ1v) is 26.0. The number of nitrogens with zero attached hydrogens (tertiary/aromatic N) is 5. The Hall–Kier alpha value is -10.3. The lowest BCUT2D eigenvalue weighted by atomic mass is 9.90. The van der Waals surface area contributed by atoms with Gasteiger partial charge in [-0.15, -0.1) is 0 Å². The van der Waals surface area contributed by atoms with Crippen LogP contribution in [0.1, 0.15) is 16.7 Å². The summed E-state index contributed by atoms with van der Waals surface area (Å²) in [6.45, 7) is 0. The van der Waals surface area contributed by atoms with Crippen LogP contribution in [0.4, 0.5) is 26.3 Å². The van der Waals surface area contributed by atoms with Crippen molar-refractivity contribution in [2.45, 2.75) is 12.4 Å². The summed E-state index contributed by atoms with van der Waals surface area (Å²) in [6.07, 6.45) is -10.3. The van der Waals surface area contributed by atoms with Crippen molar-refractivity contribution in [1.29, 1.82) is 5.26 Å². The Morgan fingerprint density at radius 3 is 1.18 bits per heavy atom. The zero-order valence-electron chi connectivity index (χ0n) is 42.0. The molecule has 0 fully saturated rings. The summed E-state index contributed by atoms with van der Waals surface area (Å²) in [5.41, 5.74) is 6.58. The minimum atomic E-state index is -5.16. The van der Waals surface area contributed by atoms with E-state index in [4.69, 9.17) is 0 Å². The van der Waals surface area contributed by atoms with E-state index >= 15 is 26.3 Å². The number of hydrogen-bond acceptors (Lipinski definition) is 1. The Kier molecular flexibility index (Phi) is 10.2. The summed E-state index contributed by atoms with van der Waals surface area (Å²) < 4.78 is 100. The summed E-state index contributed by atoms with van der Waals surface area (Å²) >= 11 is 0. The molecule has 11 heteroatoms. The highest BCUT2D eigenvalue weighted by molar-refractivity contribution is 6.28. The van der Waals surface area contributed by atoms with E-state index in [0.717, 1.165) is 105 Å². The summed E-state index contributed by atoms with van der Waals surface area (Å²) in [4.78, 5) is 0. The van der Waals surface area contributed by atoms with Gasteiger partial charge in [-0.3, -0.25) is 0 Å². The molecule has 0 aliphatic rings. The van der Waals surface area contributed by atoms with Crippen LogP contribution in [0.2, 0.25) is 0 Å². The van der Waals surface area contributed by atoms with E-state index in [1.807, 2.05) is 120 Å². The van der Waals surface area contributed by atoms with Crippen molar-refractivity contribution in [3.8, 4) is 51.1 Å². The lowest BCUT2D eigenvalue weighted by Gasteiger charge is -2.22. The van der Waals surface area contributed by atoms with Crippen LogP contribution in [0.3, 0.4) is 0 Å². The maximum atomic E-state index is 15.3. The van der Waals surface area contributed by atoms with Gasteiger partial charge < -0.3 is 18.3 Å². The molecule has 0 radical (unpaired) electrons. The van der Waals surface area contributed by atoms with Gasteiger partial charge in [0, 0.05) is 71.2 Å². The second-order valence-corrected chi connectivity index (χ2v) is 20.1. The van der Waals surface area contributed by atoms with Gasteiger partial charge in [-0.05, 0) is 109 Å². The van der Waals surface area contributed by atoms with Gasteiger partial charge in [0.1, 0.15) is 0 Å². The molecular weight excluding hydrogens is 1010 g/mol. The Bertz CT molecular complexity index is 5070. The number of halogens is 6. The first-order valence-electron chi connectivity index (χ1n) is 26.0. The molecular formula is C69H39F6N5. The fourth-order valence-corrected chi connectivity index (χ4v) is 12.7. The van der Waals surface area contributed by atoms with Gasteiger partial charge >= 0.3 is 12.4 Å². The number of alkyl halides is 6. The van der Waals surface area contributed by atoms with Crippen molar-refractivity contribution >= 4 is 87.2 Å². The van der Waals surface area contributed by atoms with Crippen LogP contribution in [0, 0.1) is 11.3 Å². The lowest BCUT2D eigenvalue weighted by Crippen LogP contribution is -2.14. The molecule has 4 aromatic heterocycles. The maximum Gasteiger partial charge on any atom is 0.417 e. The number of para-hydroxylation sites is 6. The summed E-state index contributed by atoms with van der Waals surface area (Å²) in [6, 6.07) is 74.9. The SMILES string of the molecule is N#Cc1ccc(-n2c3ccccc3c3c2ccc2c4ccccc4n(-c4ccccc4)c23)c(-c2cc(-c3c(C(F)(F)F)cccc3C(F)(F)F)ccc2-n2c3ccccc3c3c2ccc2c4ccccc4n(-c4ccccc4)c23)c1. The molecule has 4 heterocycles. The van der Waals surface area contributed by atoms with Crippen LogP contribution < -0.4 is 0 Å². The van der Waals surface area contributed by atoms with E-state index in [0.29, 0.717) is 29.1 Å². The number of rotatable bonds is 6. The summed E-state index contributed by atoms with van der Waals surface area (Å²) in [5, 5.41) is 18.5. The quantitative estimate of drug-likeness (QED) is 0.153. The lowest BCUT2D eigenvalue weighted by molar-refractivity contribution is -0.142. The predicted octanol–water partition coefficient (Wildman–Crippen LogP) is 19.3. The molecule has 0 saturated heterocycles. The highest BCUT2D eigenvalue weighted by atomic mass is 19.4. The smallest absolute Gasteiger partial charge is 0.309 e. The largest absolute Gasteiger partial charge is 0.417 e. The summed E-state index contributed by atoms with van der Waals surface area (Å²) in [7, 11) is 0. The van der Waals surface area contributed by atoms with Gasteiger partial charge in [0.2, 0.25) is 0 Å². The summed E-state index contributed by atoms with van der Waals surface area (Å²) in [5.74, 6) is 0. The van der Waals surface area contributed by atoms with E-state index in [-0.39, 0.29) is 16.7 Å². The van der Waals surface area contributed by atoms with Gasteiger partial charge in [0.15, 0.2) is 0 Å². The molecule has 0 N–H and O–H groups in total. The zero-order chi connectivity index (χ0) is 54.2. The minimum Gasteiger partial charge on any atom is -0.309 e. The number of benzene rings is 11. The molecule has 0 atom stereocenters. The molecule has 80 heavy (non-hydrogen) atoms. The van der Waals surface area contributed by atoms with E-state index in [1.165, 1.54) is 12.1 Å². The van der Waals surface area contributed by atoms with Gasteiger partial charge in [-0.1, -0.05) is 133 Å². The fraction of sp³-hybridized carbons (Fsp3) is 0.0290. The topological polar surface area (TPSA) is 43.5 Å². The molecule has 5 nitrogen and oxygen atoms in total. The normalized spacial score (nSPS) is 12.4. The first kappa shape index (κ1) is 46.9. The second kappa shape index (κ2) is 17.3. The molecule has 11 aromatic carbocycles. The average molecular weight is 1050 g/mol. The Labute approximate surface area is 451 Å². The van der Waals surface area contributed by atoms with Crippen LogP contribution in [-0.2, 0) is 12.4 Å². The van der Waals surface area contributed by atoms with Crippen LogP contribution in [0.5, 0.6) is 0 Å². The van der Waals surface area contributed by atoms with E-state index < -0.39 is 29.0 Å². The molecule has 0 amide bonds. The molecule has 15 rings (SSSR count). The van der Waals surface area contributed by atoms with Crippen LogP contribution in [0.15, 0.2) is 237 Å². The predicted molar refractivity (Wildman–Crippen MR) is 309 cm³/mol. The number of nitriles is 1. The molecule has 0 unspecified atom stereocenters.